The predicted octanol–water partition coefficient (Wildman–Crippen LogP) is 4.61. The van der Waals surface area contributed by atoms with Crippen molar-refractivity contribution in [3.63, 3.8) is 0 Å². The highest BCUT2D eigenvalue weighted by Gasteiger charge is 2.68. The molecule has 3 aliphatic rings. The van der Waals surface area contributed by atoms with E-state index >= 15 is 0 Å². The fraction of sp³-hybridized carbons (Fsp3) is 0.652. The Balaban J connectivity index is 1.77. The van der Waals surface area contributed by atoms with Crippen LogP contribution in [0.15, 0.2) is 36.5 Å². The summed E-state index contributed by atoms with van der Waals surface area (Å²) < 4.78 is 10.7. The van der Waals surface area contributed by atoms with E-state index in [1.54, 1.807) is 5.57 Å². The van der Waals surface area contributed by atoms with Crippen molar-refractivity contribution in [1.29, 1.82) is 0 Å². The van der Waals surface area contributed by atoms with Crippen LogP contribution in [0.5, 0.6) is 0 Å². The van der Waals surface area contributed by atoms with Crippen molar-refractivity contribution in [2.45, 2.75) is 52.9 Å². The molecule has 0 aromatic carbocycles. The van der Waals surface area contributed by atoms with Gasteiger partial charge in [-0.2, -0.15) is 0 Å². The second kappa shape index (κ2) is 7.29. The molecule has 3 aliphatic carbocycles. The number of fused-ring (bicyclic) bond motifs is 3. The molecule has 0 amide bonds. The smallest absolute Gasteiger partial charge is 0.330 e. The van der Waals surface area contributed by atoms with Gasteiger partial charge in [-0.15, -0.1) is 0 Å². The molecule has 5 unspecified atom stereocenters. The minimum atomic E-state index is -0.359. The number of ether oxygens (including phenoxy) is 2. The molecular weight excluding hydrogens is 340 g/mol. The molecule has 3 saturated carbocycles. The number of allylic oxidation sites excluding steroid dienone is 1. The van der Waals surface area contributed by atoms with Crippen LogP contribution in [-0.2, 0) is 19.1 Å². The maximum Gasteiger partial charge on any atom is 0.330 e. The van der Waals surface area contributed by atoms with Crippen molar-refractivity contribution in [1.82, 2.24) is 0 Å². The molecule has 5 atom stereocenters. The minimum absolute atomic E-state index is 0.0422. The molecule has 4 nitrogen and oxygen atoms in total. The summed E-state index contributed by atoms with van der Waals surface area (Å²) in [6, 6.07) is 0. The predicted molar refractivity (Wildman–Crippen MR) is 105 cm³/mol. The fourth-order valence-corrected chi connectivity index (χ4v) is 5.98. The van der Waals surface area contributed by atoms with Crippen LogP contribution in [-0.4, -0.2) is 25.2 Å². The van der Waals surface area contributed by atoms with E-state index in [1.807, 2.05) is 0 Å². The molecule has 3 rings (SSSR count). The van der Waals surface area contributed by atoms with Crippen LogP contribution in [0, 0.1) is 28.6 Å². The van der Waals surface area contributed by atoms with Crippen LogP contribution in [0.25, 0.3) is 0 Å². The summed E-state index contributed by atoms with van der Waals surface area (Å²) in [6.07, 6.45) is 8.12. The maximum absolute atomic E-state index is 11.5. The van der Waals surface area contributed by atoms with Crippen LogP contribution in [0.4, 0.5) is 0 Å². The molecule has 0 aliphatic heterocycles. The van der Waals surface area contributed by atoms with Gasteiger partial charge in [0.15, 0.2) is 0 Å². The first-order valence-corrected chi connectivity index (χ1v) is 10.1. The molecule has 4 heteroatoms. The number of esters is 2. The molecule has 0 N–H and O–H groups in total. The highest BCUT2D eigenvalue weighted by molar-refractivity contribution is 5.81. The maximum atomic E-state index is 11.5. The van der Waals surface area contributed by atoms with E-state index in [9.17, 15) is 9.59 Å². The highest BCUT2D eigenvalue weighted by atomic mass is 16.5. The summed E-state index contributed by atoms with van der Waals surface area (Å²) in [5, 5.41) is 0. The van der Waals surface area contributed by atoms with Crippen molar-refractivity contribution < 1.29 is 19.1 Å². The summed E-state index contributed by atoms with van der Waals surface area (Å²) in [5.41, 5.74) is 3.13. The molecule has 27 heavy (non-hydrogen) atoms. The normalized spacial score (nSPS) is 38.3. The zero-order valence-electron chi connectivity index (χ0n) is 16.9. The largest absolute Gasteiger partial charge is 0.462 e. The summed E-state index contributed by atoms with van der Waals surface area (Å²) in [6.45, 7) is 14.5. The minimum Gasteiger partial charge on any atom is -0.462 e. The van der Waals surface area contributed by atoms with Crippen molar-refractivity contribution >= 4 is 11.9 Å². The summed E-state index contributed by atoms with van der Waals surface area (Å²) in [5.74, 6) is 1.25. The first-order valence-electron chi connectivity index (χ1n) is 10.1. The summed E-state index contributed by atoms with van der Waals surface area (Å²) >= 11 is 0. The van der Waals surface area contributed by atoms with Crippen LogP contribution in [0.2, 0.25) is 0 Å². The molecular formula is C23H32O4. The Bertz CT molecular complexity index is 690. The third kappa shape index (κ3) is 3.51. The summed E-state index contributed by atoms with van der Waals surface area (Å²) in [4.78, 5) is 23.0. The van der Waals surface area contributed by atoms with E-state index in [1.165, 1.54) is 24.1 Å². The number of carbonyl (C=O) groups is 2. The monoisotopic (exact) mass is 372 g/mol. The lowest BCUT2D eigenvalue weighted by molar-refractivity contribution is -0.142. The number of rotatable bonds is 7. The Morgan fingerprint density at radius 3 is 2.48 bits per heavy atom. The lowest BCUT2D eigenvalue weighted by Gasteiger charge is -2.41. The molecule has 0 radical (unpaired) electrons. The van der Waals surface area contributed by atoms with Gasteiger partial charge in [0.05, 0.1) is 6.61 Å². The van der Waals surface area contributed by atoms with Crippen molar-refractivity contribution in [3.8, 4) is 0 Å². The molecule has 3 fully saturated rings. The van der Waals surface area contributed by atoms with E-state index in [2.05, 4.69) is 33.9 Å². The van der Waals surface area contributed by atoms with Gasteiger partial charge >= 0.3 is 11.9 Å². The van der Waals surface area contributed by atoms with Gasteiger partial charge in [-0.1, -0.05) is 32.6 Å². The van der Waals surface area contributed by atoms with E-state index in [0.717, 1.165) is 31.6 Å². The Labute approximate surface area is 162 Å². The van der Waals surface area contributed by atoms with E-state index in [0.29, 0.717) is 30.5 Å². The van der Waals surface area contributed by atoms with Gasteiger partial charge in [-0.3, -0.25) is 0 Å². The van der Waals surface area contributed by atoms with Crippen LogP contribution < -0.4 is 0 Å². The van der Waals surface area contributed by atoms with Gasteiger partial charge in [-0.25, -0.2) is 9.59 Å². The van der Waals surface area contributed by atoms with Crippen LogP contribution in [0.3, 0.4) is 0 Å². The van der Waals surface area contributed by atoms with Gasteiger partial charge in [0, 0.05) is 17.6 Å². The SMILES string of the molecule is C=CC(=O)OC/C(C)=C1/C2CCC(C)(COC(=O)C=C)CC2C2CC12CC. The Morgan fingerprint density at radius 2 is 1.85 bits per heavy atom. The standard InChI is InChI=1S/C23H32O4/c1-6-19(24)26-13-15(4)21-16-9-10-22(5,14-27-20(25)7-2)11-17(16)18-12-23(18,21)8-3/h6-7,16-18H,1-2,8-14H2,3-5H3/b21-15-. The quantitative estimate of drug-likeness (QED) is 0.372. The number of hydrogen-bond donors (Lipinski definition) is 0. The van der Waals surface area contributed by atoms with Crippen LogP contribution >= 0.6 is 0 Å². The Hall–Kier alpha value is -1.84. The molecule has 0 aromatic heterocycles. The van der Waals surface area contributed by atoms with Gasteiger partial charge in [-0.05, 0) is 67.8 Å². The number of carbonyl (C=O) groups excluding carboxylic acids is 2. The van der Waals surface area contributed by atoms with Crippen molar-refractivity contribution in [2.75, 3.05) is 13.2 Å². The van der Waals surface area contributed by atoms with Gasteiger partial charge in [0.2, 0.25) is 0 Å². The van der Waals surface area contributed by atoms with Crippen molar-refractivity contribution in [3.05, 3.63) is 36.5 Å². The zero-order chi connectivity index (χ0) is 19.8. The van der Waals surface area contributed by atoms with Crippen LogP contribution in [0.1, 0.15) is 52.9 Å². The third-order valence-corrected chi connectivity index (χ3v) is 7.28. The van der Waals surface area contributed by atoms with E-state index in [-0.39, 0.29) is 17.4 Å². The van der Waals surface area contributed by atoms with Gasteiger partial charge in [0.1, 0.15) is 6.61 Å². The van der Waals surface area contributed by atoms with Gasteiger partial charge < -0.3 is 9.47 Å². The third-order valence-electron chi connectivity index (χ3n) is 7.28. The molecule has 0 aromatic rings. The Morgan fingerprint density at radius 1 is 1.19 bits per heavy atom. The van der Waals surface area contributed by atoms with E-state index < -0.39 is 0 Å². The topological polar surface area (TPSA) is 52.6 Å². The summed E-state index contributed by atoms with van der Waals surface area (Å²) in [7, 11) is 0. The lowest BCUT2D eigenvalue weighted by Crippen LogP contribution is -2.35. The molecule has 0 saturated heterocycles. The first-order chi connectivity index (χ1) is 12.8. The molecule has 148 valence electrons. The first kappa shape index (κ1) is 19.9. The lowest BCUT2D eigenvalue weighted by atomic mass is 9.65. The van der Waals surface area contributed by atoms with Crippen molar-refractivity contribution in [2.24, 2.45) is 28.6 Å². The Kier molecular flexibility index (Phi) is 5.38. The second-order valence-corrected chi connectivity index (χ2v) is 8.96. The highest BCUT2D eigenvalue weighted by Crippen LogP contribution is 2.76. The average Bonchev–Trinajstić information content (AvgIpc) is 3.35. The van der Waals surface area contributed by atoms with E-state index in [4.69, 9.17) is 9.47 Å². The average molecular weight is 373 g/mol. The zero-order valence-corrected chi connectivity index (χ0v) is 16.9. The molecule has 0 spiro atoms. The van der Waals surface area contributed by atoms with Gasteiger partial charge in [0.25, 0.3) is 0 Å². The fourth-order valence-electron chi connectivity index (χ4n) is 5.98. The second-order valence-electron chi connectivity index (χ2n) is 8.96. The number of hydrogen-bond acceptors (Lipinski definition) is 4. The molecule has 0 heterocycles. The molecule has 0 bridgehead atoms.